The van der Waals surface area contributed by atoms with E-state index in [9.17, 15) is 19.1 Å². The quantitative estimate of drug-likeness (QED) is 0.133. The number of amides is 1. The summed E-state index contributed by atoms with van der Waals surface area (Å²) in [6, 6.07) is 21.8. The van der Waals surface area contributed by atoms with Crippen LogP contribution in [-0.4, -0.2) is 27.0 Å². The molecule has 1 atom stereocenters. The van der Waals surface area contributed by atoms with Crippen LogP contribution in [0.5, 0.6) is 0 Å². The standard InChI is InChI=1S/C28H19BrFN3O3S2/c29-20-11-9-19(10-12-20)24-23(22(34)15-8-17-4-2-1-3-5-17)25(35)26(36)33(24)27-31-32-28(38-27)37-16-18-6-13-21(30)14-7-18/h1-15,24,35H,16H2. The van der Waals surface area contributed by atoms with Gasteiger partial charge in [-0.1, -0.05) is 99.7 Å². The van der Waals surface area contributed by atoms with Gasteiger partial charge in [-0.3, -0.25) is 14.5 Å². The maximum Gasteiger partial charge on any atom is 0.296 e. The molecule has 1 aliphatic heterocycles. The molecule has 0 radical (unpaired) electrons. The molecule has 1 aliphatic rings. The van der Waals surface area contributed by atoms with E-state index in [0.29, 0.717) is 15.7 Å². The Morgan fingerprint density at radius 2 is 1.76 bits per heavy atom. The summed E-state index contributed by atoms with van der Waals surface area (Å²) in [5.41, 5.74) is 2.34. The summed E-state index contributed by atoms with van der Waals surface area (Å²) in [6.45, 7) is 0. The third-order valence-corrected chi connectivity index (χ3v) is 8.42. The number of ketones is 1. The fourth-order valence-corrected chi connectivity index (χ4v) is 6.01. The van der Waals surface area contributed by atoms with Gasteiger partial charge in [0.05, 0.1) is 11.6 Å². The van der Waals surface area contributed by atoms with Crippen LogP contribution in [0.25, 0.3) is 6.08 Å². The third-order valence-electron chi connectivity index (χ3n) is 5.76. The predicted molar refractivity (Wildman–Crippen MR) is 150 cm³/mol. The number of aromatic nitrogens is 2. The van der Waals surface area contributed by atoms with Gasteiger partial charge in [0.1, 0.15) is 5.82 Å². The molecule has 0 aliphatic carbocycles. The molecular formula is C28H19BrFN3O3S2. The SMILES string of the molecule is O=C(C=Cc1ccccc1)C1=C(O)C(=O)N(c2nnc(SCc3ccc(F)cc3)s2)C1c1ccc(Br)cc1. The lowest BCUT2D eigenvalue weighted by atomic mass is 9.96. The van der Waals surface area contributed by atoms with Crippen molar-refractivity contribution >= 4 is 61.9 Å². The molecule has 1 N–H and O–H groups in total. The number of allylic oxidation sites excluding steroid dienone is 1. The number of anilines is 1. The van der Waals surface area contributed by atoms with Crippen molar-refractivity contribution in [3.05, 3.63) is 123 Å². The molecule has 0 bridgehead atoms. The molecule has 6 nitrogen and oxygen atoms in total. The van der Waals surface area contributed by atoms with E-state index >= 15 is 0 Å². The van der Waals surface area contributed by atoms with Crippen LogP contribution in [-0.2, 0) is 15.3 Å². The summed E-state index contributed by atoms with van der Waals surface area (Å²) in [5.74, 6) is -1.58. The second kappa shape index (κ2) is 11.4. The molecule has 1 amide bonds. The van der Waals surface area contributed by atoms with E-state index in [1.165, 1.54) is 46.2 Å². The van der Waals surface area contributed by atoms with E-state index in [1.807, 2.05) is 30.3 Å². The first kappa shape index (κ1) is 26.0. The molecule has 190 valence electrons. The monoisotopic (exact) mass is 607 g/mol. The molecule has 3 aromatic carbocycles. The lowest BCUT2D eigenvalue weighted by Crippen LogP contribution is -2.30. The highest BCUT2D eigenvalue weighted by atomic mass is 79.9. The van der Waals surface area contributed by atoms with Gasteiger partial charge in [0.15, 0.2) is 15.9 Å². The molecule has 10 heteroatoms. The molecule has 4 aromatic rings. The van der Waals surface area contributed by atoms with Crippen molar-refractivity contribution in [2.45, 2.75) is 16.1 Å². The van der Waals surface area contributed by atoms with Gasteiger partial charge in [0, 0.05) is 10.2 Å². The van der Waals surface area contributed by atoms with E-state index in [4.69, 9.17) is 0 Å². The Bertz CT molecular complexity index is 1540. The predicted octanol–water partition coefficient (Wildman–Crippen LogP) is 6.91. The molecule has 2 heterocycles. The van der Waals surface area contributed by atoms with Crippen molar-refractivity contribution in [2.24, 2.45) is 0 Å². The van der Waals surface area contributed by atoms with Crippen LogP contribution >= 0.6 is 39.0 Å². The Morgan fingerprint density at radius 1 is 1.05 bits per heavy atom. The van der Waals surface area contributed by atoms with Gasteiger partial charge in [-0.2, -0.15) is 0 Å². The first-order valence-corrected chi connectivity index (χ1v) is 14.0. The summed E-state index contributed by atoms with van der Waals surface area (Å²) in [4.78, 5) is 27.9. The van der Waals surface area contributed by atoms with Gasteiger partial charge < -0.3 is 5.11 Å². The van der Waals surface area contributed by atoms with Crippen molar-refractivity contribution in [1.29, 1.82) is 0 Å². The number of benzene rings is 3. The van der Waals surface area contributed by atoms with Crippen molar-refractivity contribution in [3.8, 4) is 0 Å². The molecule has 1 aromatic heterocycles. The Kier molecular flexibility index (Phi) is 7.82. The fraction of sp³-hybridized carbons (Fsp3) is 0.0714. The fourth-order valence-electron chi connectivity index (χ4n) is 3.92. The van der Waals surface area contributed by atoms with E-state index in [2.05, 4.69) is 26.1 Å². The maximum atomic E-state index is 13.3. The molecule has 0 spiro atoms. The van der Waals surface area contributed by atoms with E-state index in [1.54, 1.807) is 42.5 Å². The van der Waals surface area contributed by atoms with Gasteiger partial charge in [0.2, 0.25) is 5.13 Å². The number of thioether (sulfide) groups is 1. The number of carbonyl (C=O) groups is 2. The highest BCUT2D eigenvalue weighted by molar-refractivity contribution is 9.10. The summed E-state index contributed by atoms with van der Waals surface area (Å²) < 4.78 is 14.6. The lowest BCUT2D eigenvalue weighted by Gasteiger charge is -2.23. The summed E-state index contributed by atoms with van der Waals surface area (Å²) >= 11 is 5.99. The van der Waals surface area contributed by atoms with Crippen LogP contribution in [0.2, 0.25) is 0 Å². The number of carbonyl (C=O) groups excluding carboxylic acids is 2. The minimum absolute atomic E-state index is 0.0276. The van der Waals surface area contributed by atoms with Gasteiger partial charge in [0.25, 0.3) is 5.91 Å². The van der Waals surface area contributed by atoms with Crippen molar-refractivity contribution < 1.29 is 19.1 Å². The molecule has 38 heavy (non-hydrogen) atoms. The smallest absolute Gasteiger partial charge is 0.296 e. The highest BCUT2D eigenvalue weighted by Gasteiger charge is 2.45. The molecule has 1 unspecified atom stereocenters. The Hall–Kier alpha value is -3.60. The van der Waals surface area contributed by atoms with Crippen LogP contribution in [0.1, 0.15) is 22.7 Å². The summed E-state index contributed by atoms with van der Waals surface area (Å²) in [6.07, 6.45) is 3.00. The Balaban J connectivity index is 1.45. The zero-order valence-corrected chi connectivity index (χ0v) is 22.8. The largest absolute Gasteiger partial charge is 0.503 e. The van der Waals surface area contributed by atoms with Crippen molar-refractivity contribution in [1.82, 2.24) is 10.2 Å². The van der Waals surface area contributed by atoms with Crippen LogP contribution in [0.4, 0.5) is 9.52 Å². The number of hydrogen-bond acceptors (Lipinski definition) is 7. The van der Waals surface area contributed by atoms with Crippen LogP contribution in [0.15, 0.2) is 105 Å². The van der Waals surface area contributed by atoms with Crippen LogP contribution < -0.4 is 4.90 Å². The van der Waals surface area contributed by atoms with E-state index < -0.39 is 23.5 Å². The second-order valence-corrected chi connectivity index (χ2v) is 11.4. The molecule has 0 saturated carbocycles. The Labute approximate surface area is 234 Å². The average Bonchev–Trinajstić information content (AvgIpc) is 3.50. The first-order valence-electron chi connectivity index (χ1n) is 11.4. The third kappa shape index (κ3) is 5.62. The van der Waals surface area contributed by atoms with Gasteiger partial charge in [-0.05, 0) is 47.0 Å². The molecule has 5 rings (SSSR count). The van der Waals surface area contributed by atoms with Crippen molar-refractivity contribution in [2.75, 3.05) is 4.90 Å². The summed E-state index contributed by atoms with van der Waals surface area (Å²) in [7, 11) is 0. The zero-order valence-electron chi connectivity index (χ0n) is 19.6. The minimum atomic E-state index is -0.883. The second-order valence-electron chi connectivity index (χ2n) is 8.27. The lowest BCUT2D eigenvalue weighted by molar-refractivity contribution is -0.117. The number of aliphatic hydroxyl groups excluding tert-OH is 1. The number of rotatable bonds is 8. The van der Waals surface area contributed by atoms with Crippen molar-refractivity contribution in [3.63, 3.8) is 0 Å². The molecule has 0 saturated heterocycles. The van der Waals surface area contributed by atoms with Crippen LogP contribution in [0, 0.1) is 5.82 Å². The Morgan fingerprint density at radius 3 is 2.47 bits per heavy atom. The minimum Gasteiger partial charge on any atom is -0.503 e. The maximum absolute atomic E-state index is 13.3. The number of halogens is 2. The number of hydrogen-bond donors (Lipinski definition) is 1. The van der Waals surface area contributed by atoms with E-state index in [0.717, 1.165) is 15.6 Å². The average molecular weight is 609 g/mol. The topological polar surface area (TPSA) is 83.4 Å². The molecule has 0 fully saturated rings. The van der Waals surface area contributed by atoms with Gasteiger partial charge >= 0.3 is 0 Å². The number of aliphatic hydroxyl groups is 1. The zero-order chi connectivity index (χ0) is 26.6. The van der Waals surface area contributed by atoms with E-state index in [-0.39, 0.29) is 16.5 Å². The summed E-state index contributed by atoms with van der Waals surface area (Å²) in [5, 5.41) is 19.5. The van der Waals surface area contributed by atoms with Gasteiger partial charge in [-0.15, -0.1) is 10.2 Å². The normalized spacial score (nSPS) is 15.6. The van der Waals surface area contributed by atoms with Crippen LogP contribution in [0.3, 0.4) is 0 Å². The number of nitrogens with zero attached hydrogens (tertiary/aromatic N) is 3. The first-order chi connectivity index (χ1) is 18.4. The molecular weight excluding hydrogens is 589 g/mol. The highest BCUT2D eigenvalue weighted by Crippen LogP contribution is 2.43. The van der Waals surface area contributed by atoms with Gasteiger partial charge in [-0.25, -0.2) is 4.39 Å².